The number of methoxy groups -OCH3 is 1. The summed E-state index contributed by atoms with van der Waals surface area (Å²) in [4.78, 5) is 23.6. The lowest BCUT2D eigenvalue weighted by Crippen LogP contribution is -2.17. The minimum Gasteiger partial charge on any atom is -0.489 e. The number of hydrogen-bond donors (Lipinski definition) is 1. The monoisotopic (exact) mass is 422 g/mol. The van der Waals surface area contributed by atoms with Gasteiger partial charge >= 0.3 is 5.97 Å². The summed E-state index contributed by atoms with van der Waals surface area (Å²) >= 11 is 5.86. The van der Waals surface area contributed by atoms with Gasteiger partial charge in [-0.25, -0.2) is 10.2 Å². The molecule has 0 spiro atoms. The summed E-state index contributed by atoms with van der Waals surface area (Å²) in [7, 11) is 1.32. The van der Waals surface area contributed by atoms with Crippen molar-refractivity contribution in [2.75, 3.05) is 7.11 Å². The highest BCUT2D eigenvalue weighted by atomic mass is 35.5. The van der Waals surface area contributed by atoms with Crippen molar-refractivity contribution in [3.8, 4) is 5.75 Å². The fourth-order valence-electron chi connectivity index (χ4n) is 2.50. The number of nitrogens with one attached hydrogen (secondary N) is 1. The molecule has 152 valence electrons. The number of halogens is 1. The Morgan fingerprint density at radius 3 is 2.20 bits per heavy atom. The maximum atomic E-state index is 12.2. The zero-order chi connectivity index (χ0) is 21.3. The Bertz CT molecular complexity index is 1030. The van der Waals surface area contributed by atoms with E-state index in [1.54, 1.807) is 48.5 Å². The average molecular weight is 423 g/mol. The van der Waals surface area contributed by atoms with Crippen LogP contribution in [0.15, 0.2) is 77.9 Å². The van der Waals surface area contributed by atoms with E-state index < -0.39 is 5.97 Å². The number of rotatable bonds is 7. The lowest BCUT2D eigenvalue weighted by molar-refractivity contribution is 0.0600. The van der Waals surface area contributed by atoms with Crippen LogP contribution in [0.4, 0.5) is 0 Å². The van der Waals surface area contributed by atoms with E-state index in [1.807, 2.05) is 24.3 Å². The minimum atomic E-state index is -0.410. The number of benzene rings is 3. The van der Waals surface area contributed by atoms with Gasteiger partial charge < -0.3 is 9.47 Å². The van der Waals surface area contributed by atoms with Crippen LogP contribution in [0.25, 0.3) is 0 Å². The van der Waals surface area contributed by atoms with Gasteiger partial charge in [0.25, 0.3) is 5.91 Å². The second-order valence-corrected chi connectivity index (χ2v) is 6.69. The second kappa shape index (κ2) is 10.2. The summed E-state index contributed by atoms with van der Waals surface area (Å²) < 4.78 is 10.3. The highest BCUT2D eigenvalue weighted by Crippen LogP contribution is 2.16. The van der Waals surface area contributed by atoms with Gasteiger partial charge in [-0.1, -0.05) is 35.9 Å². The van der Waals surface area contributed by atoms with Crippen LogP contribution >= 0.6 is 11.6 Å². The maximum Gasteiger partial charge on any atom is 0.337 e. The van der Waals surface area contributed by atoms with E-state index in [0.29, 0.717) is 28.5 Å². The molecule has 3 rings (SSSR count). The largest absolute Gasteiger partial charge is 0.489 e. The quantitative estimate of drug-likeness (QED) is 0.346. The number of carbonyl (C=O) groups excluding carboxylic acids is 2. The van der Waals surface area contributed by atoms with Crippen LogP contribution in [-0.4, -0.2) is 25.2 Å². The van der Waals surface area contributed by atoms with Crippen molar-refractivity contribution in [3.05, 3.63) is 100 Å². The van der Waals surface area contributed by atoms with Crippen molar-refractivity contribution in [2.45, 2.75) is 6.61 Å². The van der Waals surface area contributed by atoms with Gasteiger partial charge in [0, 0.05) is 10.6 Å². The van der Waals surface area contributed by atoms with Crippen molar-refractivity contribution in [1.29, 1.82) is 0 Å². The summed E-state index contributed by atoms with van der Waals surface area (Å²) in [6.07, 6.45) is 1.49. The van der Waals surface area contributed by atoms with E-state index >= 15 is 0 Å². The van der Waals surface area contributed by atoms with Gasteiger partial charge in [-0.3, -0.25) is 4.79 Å². The molecule has 0 atom stereocenters. The summed E-state index contributed by atoms with van der Waals surface area (Å²) in [6.45, 7) is 0.405. The van der Waals surface area contributed by atoms with Crippen molar-refractivity contribution in [3.63, 3.8) is 0 Å². The number of esters is 1. The Balaban J connectivity index is 1.51. The first-order valence-corrected chi connectivity index (χ1v) is 9.42. The summed E-state index contributed by atoms with van der Waals surface area (Å²) in [5.41, 5.74) is 5.08. The molecule has 0 aliphatic carbocycles. The molecule has 0 saturated carbocycles. The predicted molar refractivity (Wildman–Crippen MR) is 115 cm³/mol. The SMILES string of the molecule is COC(=O)c1ccc(/C=N/NC(=O)c2ccc(OCc3ccc(Cl)cc3)cc2)cc1. The molecule has 1 amide bonds. The zero-order valence-electron chi connectivity index (χ0n) is 16.2. The lowest BCUT2D eigenvalue weighted by atomic mass is 10.1. The molecule has 0 radical (unpaired) electrons. The highest BCUT2D eigenvalue weighted by Gasteiger charge is 2.06. The number of hydrogen-bond acceptors (Lipinski definition) is 5. The molecule has 6 nitrogen and oxygen atoms in total. The Labute approximate surface area is 179 Å². The average Bonchev–Trinajstić information content (AvgIpc) is 2.79. The molecule has 0 aromatic heterocycles. The number of ether oxygens (including phenoxy) is 2. The van der Waals surface area contributed by atoms with Gasteiger partial charge in [0.15, 0.2) is 0 Å². The Morgan fingerprint density at radius 2 is 1.57 bits per heavy atom. The first kappa shape index (κ1) is 21.1. The molecule has 0 saturated heterocycles. The standard InChI is InChI=1S/C23H19ClN2O4/c1-29-23(28)19-6-2-16(3-7-19)14-25-26-22(27)18-8-12-21(13-9-18)30-15-17-4-10-20(24)11-5-17/h2-14H,15H2,1H3,(H,26,27)/b25-14+. The fraction of sp³-hybridized carbons (Fsp3) is 0.0870. The second-order valence-electron chi connectivity index (χ2n) is 6.25. The third-order valence-electron chi connectivity index (χ3n) is 4.15. The van der Waals surface area contributed by atoms with Crippen LogP contribution in [-0.2, 0) is 11.3 Å². The first-order valence-electron chi connectivity index (χ1n) is 9.04. The third-order valence-corrected chi connectivity index (χ3v) is 4.40. The fourth-order valence-corrected chi connectivity index (χ4v) is 2.63. The Hall–Kier alpha value is -3.64. The predicted octanol–water partition coefficient (Wildman–Crippen LogP) is 4.47. The topological polar surface area (TPSA) is 77.0 Å². The molecule has 0 aliphatic rings. The van der Waals surface area contributed by atoms with Crippen molar-refractivity contribution >= 4 is 29.7 Å². The normalized spacial score (nSPS) is 10.6. The number of carbonyl (C=O) groups is 2. The molecule has 7 heteroatoms. The molecule has 0 unspecified atom stereocenters. The minimum absolute atomic E-state index is 0.346. The molecule has 0 aliphatic heterocycles. The van der Waals surface area contributed by atoms with Gasteiger partial charge in [0.2, 0.25) is 0 Å². The molecular formula is C23H19ClN2O4. The van der Waals surface area contributed by atoms with E-state index in [4.69, 9.17) is 16.3 Å². The summed E-state index contributed by atoms with van der Waals surface area (Å²) in [5, 5.41) is 4.61. The Kier molecular flexibility index (Phi) is 7.19. The molecule has 1 N–H and O–H groups in total. The van der Waals surface area contributed by atoms with Crippen LogP contribution in [0.3, 0.4) is 0 Å². The van der Waals surface area contributed by atoms with Crippen LogP contribution in [0.2, 0.25) is 5.02 Å². The first-order chi connectivity index (χ1) is 14.5. The number of nitrogens with zero attached hydrogens (tertiary/aromatic N) is 1. The van der Waals surface area contributed by atoms with E-state index in [0.717, 1.165) is 11.1 Å². The van der Waals surface area contributed by atoms with Crippen molar-refractivity contribution in [2.24, 2.45) is 5.10 Å². The summed E-state index contributed by atoms with van der Waals surface area (Å²) in [5.74, 6) is -0.107. The molecule has 3 aromatic rings. The van der Waals surface area contributed by atoms with Crippen molar-refractivity contribution in [1.82, 2.24) is 5.43 Å². The van der Waals surface area contributed by atoms with Crippen molar-refractivity contribution < 1.29 is 19.1 Å². The van der Waals surface area contributed by atoms with Gasteiger partial charge in [-0.05, 0) is 59.7 Å². The van der Waals surface area contributed by atoms with E-state index in [1.165, 1.54) is 13.3 Å². The molecular weight excluding hydrogens is 404 g/mol. The molecule has 3 aromatic carbocycles. The van der Waals surface area contributed by atoms with Crippen LogP contribution in [0, 0.1) is 0 Å². The Morgan fingerprint density at radius 1 is 0.933 bits per heavy atom. The van der Waals surface area contributed by atoms with E-state index in [2.05, 4.69) is 15.3 Å². The third kappa shape index (κ3) is 5.93. The molecule has 0 bridgehead atoms. The van der Waals surface area contributed by atoms with Crippen LogP contribution < -0.4 is 10.2 Å². The zero-order valence-corrected chi connectivity index (χ0v) is 16.9. The smallest absolute Gasteiger partial charge is 0.337 e. The molecule has 30 heavy (non-hydrogen) atoms. The number of hydrazone groups is 1. The van der Waals surface area contributed by atoms with Gasteiger partial charge in [0.05, 0.1) is 18.9 Å². The molecule has 0 heterocycles. The van der Waals surface area contributed by atoms with Gasteiger partial charge in [-0.15, -0.1) is 0 Å². The lowest BCUT2D eigenvalue weighted by Gasteiger charge is -2.07. The number of amides is 1. The van der Waals surface area contributed by atoms with E-state index in [-0.39, 0.29) is 5.91 Å². The summed E-state index contributed by atoms with van der Waals surface area (Å²) in [6, 6.07) is 20.8. The van der Waals surface area contributed by atoms with Crippen LogP contribution in [0.1, 0.15) is 31.8 Å². The van der Waals surface area contributed by atoms with Gasteiger partial charge in [0.1, 0.15) is 12.4 Å². The van der Waals surface area contributed by atoms with E-state index in [9.17, 15) is 9.59 Å². The maximum absolute atomic E-state index is 12.2. The van der Waals surface area contributed by atoms with Gasteiger partial charge in [-0.2, -0.15) is 5.10 Å². The molecule has 0 fully saturated rings. The highest BCUT2D eigenvalue weighted by molar-refractivity contribution is 6.30. The van der Waals surface area contributed by atoms with Crippen LogP contribution in [0.5, 0.6) is 5.75 Å².